The summed E-state index contributed by atoms with van der Waals surface area (Å²) in [7, 11) is -4.38. The lowest BCUT2D eigenvalue weighted by Gasteiger charge is -2.11. The number of nitriles is 1. The second-order valence-corrected chi connectivity index (χ2v) is 9.56. The van der Waals surface area contributed by atoms with Crippen LogP contribution < -0.4 is 0 Å². The molecule has 2 heterocycles. The summed E-state index contributed by atoms with van der Waals surface area (Å²) in [5, 5.41) is 13.4. The van der Waals surface area contributed by atoms with Gasteiger partial charge in [0.15, 0.2) is 5.82 Å². The normalized spacial score (nSPS) is 12.8. The van der Waals surface area contributed by atoms with Gasteiger partial charge in [0.25, 0.3) is 6.43 Å². The number of carbonyl (C=O) groups excluding carboxylic acids is 1. The second kappa shape index (κ2) is 9.53. The van der Waals surface area contributed by atoms with Crippen molar-refractivity contribution in [2.75, 3.05) is 0 Å². The summed E-state index contributed by atoms with van der Waals surface area (Å²) in [5.41, 5.74) is -0.924. The zero-order chi connectivity index (χ0) is 22.6. The van der Waals surface area contributed by atoms with Gasteiger partial charge in [0, 0.05) is 5.25 Å². The Morgan fingerprint density at radius 1 is 1.33 bits per heavy atom. The van der Waals surface area contributed by atoms with Crippen LogP contribution in [0.1, 0.15) is 51.8 Å². The quantitative estimate of drug-likeness (QED) is 0.433. The van der Waals surface area contributed by atoms with E-state index in [0.717, 1.165) is 23.4 Å². The molecule has 2 aromatic rings. The number of rotatable bonds is 8. The Bertz CT molecular complexity index is 1060. The molecule has 8 nitrogen and oxygen atoms in total. The Hall–Kier alpha value is -2.52. The first kappa shape index (κ1) is 23.8. The monoisotopic (exact) mass is 458 g/mol. The topological polar surface area (TPSA) is 115 Å². The van der Waals surface area contributed by atoms with Crippen molar-refractivity contribution in [1.29, 1.82) is 5.26 Å². The fourth-order valence-electron chi connectivity index (χ4n) is 2.11. The van der Waals surface area contributed by atoms with E-state index in [2.05, 4.69) is 14.3 Å². The molecule has 0 aromatic carbocycles. The number of hydrogen-bond acceptors (Lipinski definition) is 8. The zero-order valence-corrected chi connectivity index (χ0v) is 18.3. The van der Waals surface area contributed by atoms with E-state index in [0.29, 0.717) is 0 Å². The predicted molar refractivity (Wildman–Crippen MR) is 105 cm³/mol. The number of halogens is 2. The molecule has 12 heteroatoms. The van der Waals surface area contributed by atoms with Crippen LogP contribution in [0.5, 0.6) is 0 Å². The molecule has 1 atom stereocenters. The van der Waals surface area contributed by atoms with E-state index in [-0.39, 0.29) is 26.6 Å². The Morgan fingerprint density at radius 3 is 2.47 bits per heavy atom. The third-order valence-corrected chi connectivity index (χ3v) is 6.50. The van der Waals surface area contributed by atoms with Crippen LogP contribution in [0.15, 0.2) is 28.3 Å². The molecule has 1 unspecified atom stereocenters. The Morgan fingerprint density at radius 2 is 2.00 bits per heavy atom. The third kappa shape index (κ3) is 5.14. The van der Waals surface area contributed by atoms with Crippen LogP contribution in [-0.4, -0.2) is 34.4 Å². The van der Waals surface area contributed by atoms with Gasteiger partial charge in [-0.1, -0.05) is 27.7 Å². The van der Waals surface area contributed by atoms with Crippen LogP contribution in [0.25, 0.3) is 5.82 Å². The lowest BCUT2D eigenvalue weighted by molar-refractivity contribution is -0.137. The lowest BCUT2D eigenvalue weighted by Crippen LogP contribution is -2.18. The minimum absolute atomic E-state index is 0.00756. The zero-order valence-electron chi connectivity index (χ0n) is 16.7. The molecule has 0 N–H and O–H groups in total. The van der Waals surface area contributed by atoms with Crippen molar-refractivity contribution in [2.24, 2.45) is 5.92 Å². The SMILES string of the molecule is CCC(C)Sc1c(C#N)c(C(F)F)nn1-c1ccc(S(=O)(=O)OC(=O)C(C)C)cn1. The molecule has 0 fully saturated rings. The minimum Gasteiger partial charge on any atom is -0.342 e. The first-order valence-corrected chi connectivity index (χ1v) is 11.2. The molecule has 0 spiro atoms. The van der Waals surface area contributed by atoms with Crippen LogP contribution >= 0.6 is 11.8 Å². The highest BCUT2D eigenvalue weighted by atomic mass is 32.2. The second-order valence-electron chi connectivity index (χ2n) is 6.59. The van der Waals surface area contributed by atoms with Crippen molar-refractivity contribution in [3.05, 3.63) is 29.6 Å². The van der Waals surface area contributed by atoms with Gasteiger partial charge in [-0.05, 0) is 18.6 Å². The molecule has 0 amide bonds. The highest BCUT2D eigenvalue weighted by Gasteiger charge is 2.27. The molecule has 0 bridgehead atoms. The van der Waals surface area contributed by atoms with Crippen LogP contribution in [-0.2, 0) is 19.1 Å². The molecule has 162 valence electrons. The number of nitrogens with zero attached hydrogens (tertiary/aromatic N) is 4. The summed E-state index contributed by atoms with van der Waals surface area (Å²) in [6.45, 7) is 6.76. The van der Waals surface area contributed by atoms with E-state index >= 15 is 0 Å². The van der Waals surface area contributed by atoms with Gasteiger partial charge in [0.05, 0.1) is 12.1 Å². The first-order chi connectivity index (χ1) is 14.0. The highest BCUT2D eigenvalue weighted by Crippen LogP contribution is 2.35. The summed E-state index contributed by atoms with van der Waals surface area (Å²) >= 11 is 1.19. The van der Waals surface area contributed by atoms with E-state index < -0.39 is 34.1 Å². The Balaban J connectivity index is 2.49. The molecular formula is C18H20F2N4O4S2. The van der Waals surface area contributed by atoms with Crippen LogP contribution in [0.4, 0.5) is 8.78 Å². The fraction of sp³-hybridized carbons (Fsp3) is 0.444. The summed E-state index contributed by atoms with van der Waals surface area (Å²) in [4.78, 5) is 15.2. The van der Waals surface area contributed by atoms with Gasteiger partial charge in [-0.25, -0.2) is 18.4 Å². The van der Waals surface area contributed by atoms with E-state index in [9.17, 15) is 27.3 Å². The van der Waals surface area contributed by atoms with E-state index in [4.69, 9.17) is 0 Å². The molecule has 2 rings (SSSR count). The lowest BCUT2D eigenvalue weighted by atomic mass is 10.2. The molecule has 30 heavy (non-hydrogen) atoms. The third-order valence-electron chi connectivity index (χ3n) is 3.97. The maximum atomic E-state index is 13.4. The molecule has 0 saturated heterocycles. The van der Waals surface area contributed by atoms with Gasteiger partial charge >= 0.3 is 16.1 Å². The summed E-state index contributed by atoms with van der Waals surface area (Å²) in [6.07, 6.45) is -1.31. The molecule has 0 radical (unpaired) electrons. The minimum atomic E-state index is -4.38. The van der Waals surface area contributed by atoms with Crippen molar-refractivity contribution < 1.29 is 26.2 Å². The predicted octanol–water partition coefficient (Wildman–Crippen LogP) is 3.86. The van der Waals surface area contributed by atoms with Gasteiger partial charge < -0.3 is 4.18 Å². The Kier molecular flexibility index (Phi) is 7.54. The molecule has 0 aliphatic carbocycles. The molecule has 0 saturated carbocycles. The number of pyridine rings is 1. The number of hydrogen-bond donors (Lipinski definition) is 0. The first-order valence-electron chi connectivity index (χ1n) is 8.94. The van der Waals surface area contributed by atoms with Crippen LogP contribution in [0.3, 0.4) is 0 Å². The van der Waals surface area contributed by atoms with E-state index in [1.807, 2.05) is 13.8 Å². The average Bonchev–Trinajstić information content (AvgIpc) is 3.05. The molecular weight excluding hydrogens is 438 g/mol. The maximum absolute atomic E-state index is 13.4. The van der Waals surface area contributed by atoms with Gasteiger partial charge in [0.2, 0.25) is 0 Å². The van der Waals surface area contributed by atoms with E-state index in [1.54, 1.807) is 6.07 Å². The van der Waals surface area contributed by atoms with Crippen molar-refractivity contribution in [3.63, 3.8) is 0 Å². The van der Waals surface area contributed by atoms with Gasteiger partial charge in [-0.2, -0.15) is 18.8 Å². The summed E-state index contributed by atoms with van der Waals surface area (Å²) in [6, 6.07) is 4.13. The standard InChI is InChI=1S/C18H20F2N4O4S2/c1-5-11(4)29-17-13(8-21)15(16(19)20)23-24(17)14-7-6-12(9-22-14)30(26,27)28-18(25)10(2)3/h6-7,9-11,16H,5H2,1-4H3. The van der Waals surface area contributed by atoms with Gasteiger partial charge in [-0.15, -0.1) is 11.8 Å². The van der Waals surface area contributed by atoms with Crippen molar-refractivity contribution in [2.45, 2.75) is 55.7 Å². The summed E-state index contributed by atoms with van der Waals surface area (Å²) < 4.78 is 56.7. The largest absolute Gasteiger partial charge is 0.343 e. The van der Waals surface area contributed by atoms with Gasteiger partial charge in [-0.3, -0.25) is 4.79 Å². The Labute approximate surface area is 177 Å². The van der Waals surface area contributed by atoms with Crippen LogP contribution in [0.2, 0.25) is 0 Å². The number of thioether (sulfide) groups is 1. The van der Waals surface area contributed by atoms with Crippen molar-refractivity contribution >= 4 is 27.8 Å². The van der Waals surface area contributed by atoms with E-state index in [1.165, 1.54) is 31.7 Å². The summed E-state index contributed by atoms with van der Waals surface area (Å²) in [5.74, 6) is -1.52. The fourth-order valence-corrected chi connectivity index (χ4v) is 4.08. The molecule has 2 aromatic heterocycles. The number of alkyl halides is 2. The van der Waals surface area contributed by atoms with Crippen molar-refractivity contribution in [1.82, 2.24) is 14.8 Å². The maximum Gasteiger partial charge on any atom is 0.343 e. The molecule has 0 aliphatic rings. The highest BCUT2D eigenvalue weighted by molar-refractivity contribution is 7.99. The smallest absolute Gasteiger partial charge is 0.342 e. The van der Waals surface area contributed by atoms with Gasteiger partial charge in [0.1, 0.15) is 27.2 Å². The number of carbonyl (C=O) groups is 1. The number of aromatic nitrogens is 3. The van der Waals surface area contributed by atoms with Crippen LogP contribution in [0, 0.1) is 17.2 Å². The molecule has 0 aliphatic heterocycles. The van der Waals surface area contributed by atoms with Crippen molar-refractivity contribution in [3.8, 4) is 11.9 Å². The average molecular weight is 459 g/mol.